The predicted molar refractivity (Wildman–Crippen MR) is 68.8 cm³/mol. The van der Waals surface area contributed by atoms with E-state index in [0.29, 0.717) is 15.6 Å². The standard InChI is InChI=1S/C11H13N5OS/c1-2-3-7-9(10(17)16-12)18-11(15-7)8-6-13-4-5-14-8/h4-6H,2-3,12H2,1H3,(H,16,17). The molecule has 2 aromatic heterocycles. The van der Waals surface area contributed by atoms with E-state index in [2.05, 4.69) is 20.4 Å². The molecule has 2 heterocycles. The molecule has 0 fully saturated rings. The van der Waals surface area contributed by atoms with Gasteiger partial charge in [0, 0.05) is 12.4 Å². The van der Waals surface area contributed by atoms with Gasteiger partial charge in [-0.15, -0.1) is 11.3 Å². The van der Waals surface area contributed by atoms with Crippen molar-refractivity contribution in [2.45, 2.75) is 19.8 Å². The summed E-state index contributed by atoms with van der Waals surface area (Å²) in [7, 11) is 0. The normalized spacial score (nSPS) is 10.3. The predicted octanol–water partition coefficient (Wildman–Crippen LogP) is 1.16. The van der Waals surface area contributed by atoms with Crippen LogP contribution in [0.15, 0.2) is 18.6 Å². The highest BCUT2D eigenvalue weighted by Gasteiger charge is 2.18. The average molecular weight is 263 g/mol. The second kappa shape index (κ2) is 5.65. The van der Waals surface area contributed by atoms with Gasteiger partial charge in [-0.05, 0) is 6.42 Å². The van der Waals surface area contributed by atoms with E-state index >= 15 is 0 Å². The number of hydrazine groups is 1. The Morgan fingerprint density at radius 2 is 2.33 bits per heavy atom. The summed E-state index contributed by atoms with van der Waals surface area (Å²) in [4.78, 5) is 24.8. The summed E-state index contributed by atoms with van der Waals surface area (Å²) in [6.07, 6.45) is 6.46. The van der Waals surface area contributed by atoms with Crippen LogP contribution in [-0.4, -0.2) is 20.9 Å². The van der Waals surface area contributed by atoms with Crippen LogP contribution in [-0.2, 0) is 6.42 Å². The molecule has 6 nitrogen and oxygen atoms in total. The Balaban J connectivity index is 2.42. The number of aromatic nitrogens is 3. The number of aryl methyl sites for hydroxylation is 1. The molecule has 1 amide bonds. The molecule has 18 heavy (non-hydrogen) atoms. The maximum Gasteiger partial charge on any atom is 0.277 e. The zero-order chi connectivity index (χ0) is 13.0. The molecule has 0 spiro atoms. The number of nitrogens with two attached hydrogens (primary N) is 1. The fourth-order valence-electron chi connectivity index (χ4n) is 1.52. The Bertz CT molecular complexity index is 540. The van der Waals surface area contributed by atoms with Gasteiger partial charge in [-0.1, -0.05) is 13.3 Å². The first-order chi connectivity index (χ1) is 8.76. The molecule has 3 N–H and O–H groups in total. The van der Waals surface area contributed by atoms with Crippen LogP contribution in [0.25, 0.3) is 10.7 Å². The Morgan fingerprint density at radius 1 is 1.50 bits per heavy atom. The summed E-state index contributed by atoms with van der Waals surface area (Å²) in [6.45, 7) is 2.03. The quantitative estimate of drug-likeness (QED) is 0.490. The summed E-state index contributed by atoms with van der Waals surface area (Å²) in [5.74, 6) is 4.85. The van der Waals surface area contributed by atoms with Crippen molar-refractivity contribution in [3.8, 4) is 10.7 Å². The number of carbonyl (C=O) groups excluding carboxylic acids is 1. The van der Waals surface area contributed by atoms with Crippen LogP contribution in [0.3, 0.4) is 0 Å². The second-order valence-electron chi connectivity index (χ2n) is 3.61. The number of thiazole rings is 1. The lowest BCUT2D eigenvalue weighted by Crippen LogP contribution is -2.30. The smallest absolute Gasteiger partial charge is 0.277 e. The van der Waals surface area contributed by atoms with Crippen LogP contribution in [0, 0.1) is 0 Å². The number of nitrogen functional groups attached to an aromatic ring is 1. The van der Waals surface area contributed by atoms with Crippen molar-refractivity contribution in [2.75, 3.05) is 0 Å². The molecule has 0 atom stereocenters. The zero-order valence-corrected chi connectivity index (χ0v) is 10.7. The van der Waals surface area contributed by atoms with E-state index in [4.69, 9.17) is 5.84 Å². The van der Waals surface area contributed by atoms with Crippen molar-refractivity contribution in [3.05, 3.63) is 29.2 Å². The molecule has 0 bridgehead atoms. The third-order valence-electron chi connectivity index (χ3n) is 2.30. The Hall–Kier alpha value is -1.86. The Labute approximate surface area is 108 Å². The highest BCUT2D eigenvalue weighted by Crippen LogP contribution is 2.27. The highest BCUT2D eigenvalue weighted by atomic mass is 32.1. The average Bonchev–Trinajstić information content (AvgIpc) is 2.83. The van der Waals surface area contributed by atoms with E-state index in [-0.39, 0.29) is 5.91 Å². The van der Waals surface area contributed by atoms with Crippen molar-refractivity contribution < 1.29 is 4.79 Å². The Morgan fingerprint density at radius 3 is 2.94 bits per heavy atom. The van der Waals surface area contributed by atoms with Crippen LogP contribution >= 0.6 is 11.3 Å². The highest BCUT2D eigenvalue weighted by molar-refractivity contribution is 7.17. The van der Waals surface area contributed by atoms with Crippen molar-refractivity contribution in [3.63, 3.8) is 0 Å². The van der Waals surface area contributed by atoms with Gasteiger partial charge in [0.1, 0.15) is 15.6 Å². The van der Waals surface area contributed by atoms with Gasteiger partial charge >= 0.3 is 0 Å². The SMILES string of the molecule is CCCc1nc(-c2cnccn2)sc1C(=O)NN. The summed E-state index contributed by atoms with van der Waals surface area (Å²) in [5.41, 5.74) is 3.56. The van der Waals surface area contributed by atoms with E-state index in [1.54, 1.807) is 18.6 Å². The summed E-state index contributed by atoms with van der Waals surface area (Å²) in [6, 6.07) is 0. The molecule has 0 aliphatic carbocycles. The van der Waals surface area contributed by atoms with Crippen molar-refractivity contribution in [2.24, 2.45) is 5.84 Å². The second-order valence-corrected chi connectivity index (χ2v) is 4.61. The molecule has 0 saturated heterocycles. The number of carbonyl (C=O) groups is 1. The third kappa shape index (κ3) is 2.52. The van der Waals surface area contributed by atoms with E-state index in [1.807, 2.05) is 6.92 Å². The fourth-order valence-corrected chi connectivity index (χ4v) is 2.50. The maximum atomic E-state index is 11.7. The first-order valence-corrected chi connectivity index (χ1v) is 6.35. The van der Waals surface area contributed by atoms with Crippen LogP contribution in [0.4, 0.5) is 0 Å². The number of hydrogen-bond donors (Lipinski definition) is 2. The van der Waals surface area contributed by atoms with Gasteiger partial charge in [-0.2, -0.15) is 0 Å². The molecule has 0 aromatic carbocycles. The van der Waals surface area contributed by atoms with Gasteiger partial charge < -0.3 is 0 Å². The number of nitrogens with zero attached hydrogens (tertiary/aromatic N) is 3. The molecule has 0 saturated carbocycles. The molecule has 2 rings (SSSR count). The number of nitrogens with one attached hydrogen (secondary N) is 1. The zero-order valence-electron chi connectivity index (χ0n) is 9.88. The minimum atomic E-state index is -0.314. The van der Waals surface area contributed by atoms with Gasteiger partial charge in [0.05, 0.1) is 11.9 Å². The van der Waals surface area contributed by atoms with Gasteiger partial charge in [0.15, 0.2) is 0 Å². The molecular weight excluding hydrogens is 250 g/mol. The van der Waals surface area contributed by atoms with Gasteiger partial charge in [-0.3, -0.25) is 20.2 Å². The van der Waals surface area contributed by atoms with E-state index in [0.717, 1.165) is 18.5 Å². The minimum Gasteiger partial charge on any atom is -0.289 e. The van der Waals surface area contributed by atoms with E-state index < -0.39 is 0 Å². The summed E-state index contributed by atoms with van der Waals surface area (Å²) < 4.78 is 0. The summed E-state index contributed by atoms with van der Waals surface area (Å²) >= 11 is 1.28. The third-order valence-corrected chi connectivity index (χ3v) is 3.42. The van der Waals surface area contributed by atoms with Crippen LogP contribution in [0.2, 0.25) is 0 Å². The lowest BCUT2D eigenvalue weighted by molar-refractivity contribution is 0.0956. The summed E-state index contributed by atoms with van der Waals surface area (Å²) in [5, 5.41) is 0.685. The Kier molecular flexibility index (Phi) is 3.96. The van der Waals surface area contributed by atoms with Crippen LogP contribution in [0.5, 0.6) is 0 Å². The molecule has 0 radical (unpaired) electrons. The lowest BCUT2D eigenvalue weighted by Gasteiger charge is -1.97. The van der Waals surface area contributed by atoms with Crippen molar-refractivity contribution >= 4 is 17.2 Å². The van der Waals surface area contributed by atoms with E-state index in [1.165, 1.54) is 11.3 Å². The number of amides is 1. The molecule has 0 aliphatic heterocycles. The fraction of sp³-hybridized carbons (Fsp3) is 0.273. The van der Waals surface area contributed by atoms with Crippen LogP contribution < -0.4 is 11.3 Å². The van der Waals surface area contributed by atoms with Crippen LogP contribution in [0.1, 0.15) is 28.7 Å². The van der Waals surface area contributed by atoms with Crippen molar-refractivity contribution in [1.82, 2.24) is 20.4 Å². The molecular formula is C11H13N5OS. The molecule has 0 aliphatic rings. The van der Waals surface area contributed by atoms with E-state index in [9.17, 15) is 4.79 Å². The number of hydrogen-bond acceptors (Lipinski definition) is 6. The molecule has 2 aromatic rings. The minimum absolute atomic E-state index is 0.314. The first-order valence-electron chi connectivity index (χ1n) is 5.53. The monoisotopic (exact) mass is 263 g/mol. The molecule has 94 valence electrons. The van der Waals surface area contributed by atoms with Gasteiger partial charge in [0.2, 0.25) is 0 Å². The molecule has 0 unspecified atom stereocenters. The lowest BCUT2D eigenvalue weighted by atomic mass is 10.2. The first kappa shape index (κ1) is 12.6. The molecule has 7 heteroatoms. The maximum absolute atomic E-state index is 11.7. The largest absolute Gasteiger partial charge is 0.289 e. The van der Waals surface area contributed by atoms with Gasteiger partial charge in [0.25, 0.3) is 5.91 Å². The van der Waals surface area contributed by atoms with Gasteiger partial charge in [-0.25, -0.2) is 10.8 Å². The van der Waals surface area contributed by atoms with Crippen molar-refractivity contribution in [1.29, 1.82) is 0 Å². The number of rotatable bonds is 4. The topological polar surface area (TPSA) is 93.8 Å².